The number of likely N-dealkylation sites (N-methyl/N-ethyl adjacent to an activating group) is 1. The van der Waals surface area contributed by atoms with Crippen LogP contribution in [0.2, 0.25) is 0 Å². The van der Waals surface area contributed by atoms with Gasteiger partial charge in [0.2, 0.25) is 0 Å². The van der Waals surface area contributed by atoms with Crippen LogP contribution in [0, 0.1) is 0 Å². The van der Waals surface area contributed by atoms with Crippen molar-refractivity contribution in [1.82, 2.24) is 0 Å². The Kier molecular flexibility index (Phi) is 5.44. The Bertz CT molecular complexity index is 496. The molecule has 2 aromatic rings. The number of ether oxygens (including phenoxy) is 1. The van der Waals surface area contributed by atoms with Crippen molar-refractivity contribution in [1.29, 1.82) is 0 Å². The standard InChI is InChI=1S/C17H21NO2/c1-18(16-5-3-2-4-6-16)12-14-20-17-9-7-15(8-10-17)11-13-19/h2-10,19H,11-14H2,1H3. The molecule has 0 saturated heterocycles. The molecule has 0 aromatic heterocycles. The number of nitrogens with zero attached hydrogens (tertiary/aromatic N) is 1. The number of anilines is 1. The molecule has 0 saturated carbocycles. The predicted molar refractivity (Wildman–Crippen MR) is 82.4 cm³/mol. The van der Waals surface area contributed by atoms with Crippen molar-refractivity contribution in [2.75, 3.05) is 31.7 Å². The van der Waals surface area contributed by atoms with Gasteiger partial charge in [0.15, 0.2) is 0 Å². The van der Waals surface area contributed by atoms with Gasteiger partial charge in [-0.3, -0.25) is 0 Å². The van der Waals surface area contributed by atoms with E-state index in [-0.39, 0.29) is 6.61 Å². The lowest BCUT2D eigenvalue weighted by molar-refractivity contribution is 0.299. The molecule has 2 aromatic carbocycles. The highest BCUT2D eigenvalue weighted by atomic mass is 16.5. The summed E-state index contributed by atoms with van der Waals surface area (Å²) in [7, 11) is 2.06. The fourth-order valence-corrected chi connectivity index (χ4v) is 1.99. The van der Waals surface area contributed by atoms with E-state index in [1.54, 1.807) is 0 Å². The quantitative estimate of drug-likeness (QED) is 0.840. The number of hydrogen-bond donors (Lipinski definition) is 1. The van der Waals surface area contributed by atoms with Crippen LogP contribution in [0.25, 0.3) is 0 Å². The second-order valence-corrected chi connectivity index (χ2v) is 4.72. The first-order valence-electron chi connectivity index (χ1n) is 6.88. The van der Waals surface area contributed by atoms with E-state index in [4.69, 9.17) is 9.84 Å². The van der Waals surface area contributed by atoms with Gasteiger partial charge in [0.25, 0.3) is 0 Å². The molecular formula is C17H21NO2. The third-order valence-corrected chi connectivity index (χ3v) is 3.22. The van der Waals surface area contributed by atoms with Crippen molar-refractivity contribution in [2.24, 2.45) is 0 Å². The molecule has 2 rings (SSSR count). The number of aliphatic hydroxyl groups excluding tert-OH is 1. The predicted octanol–water partition coefficient (Wildman–Crippen LogP) is 2.74. The molecule has 3 nitrogen and oxygen atoms in total. The maximum Gasteiger partial charge on any atom is 0.119 e. The van der Waals surface area contributed by atoms with E-state index in [0.717, 1.165) is 17.9 Å². The number of rotatable bonds is 7. The van der Waals surface area contributed by atoms with E-state index < -0.39 is 0 Å². The molecule has 0 spiro atoms. The first-order chi connectivity index (χ1) is 9.79. The molecule has 0 radical (unpaired) electrons. The Morgan fingerprint density at radius 2 is 1.70 bits per heavy atom. The lowest BCUT2D eigenvalue weighted by Gasteiger charge is -2.19. The Hall–Kier alpha value is -2.00. The molecule has 0 bridgehead atoms. The van der Waals surface area contributed by atoms with Crippen LogP contribution in [0.15, 0.2) is 54.6 Å². The minimum atomic E-state index is 0.183. The molecule has 20 heavy (non-hydrogen) atoms. The minimum absolute atomic E-state index is 0.183. The zero-order chi connectivity index (χ0) is 14.2. The summed E-state index contributed by atoms with van der Waals surface area (Å²) >= 11 is 0. The highest BCUT2D eigenvalue weighted by Crippen LogP contribution is 2.14. The summed E-state index contributed by atoms with van der Waals surface area (Å²) < 4.78 is 5.73. The highest BCUT2D eigenvalue weighted by Gasteiger charge is 2.00. The van der Waals surface area contributed by atoms with Crippen LogP contribution in [0.1, 0.15) is 5.56 Å². The summed E-state index contributed by atoms with van der Waals surface area (Å²) in [5, 5.41) is 8.86. The Labute approximate surface area is 120 Å². The molecule has 0 fully saturated rings. The van der Waals surface area contributed by atoms with Gasteiger partial charge in [0, 0.05) is 19.3 Å². The van der Waals surface area contributed by atoms with E-state index in [1.165, 1.54) is 5.69 Å². The second kappa shape index (κ2) is 7.56. The Balaban J connectivity index is 1.78. The van der Waals surface area contributed by atoms with Crippen LogP contribution >= 0.6 is 0 Å². The van der Waals surface area contributed by atoms with Gasteiger partial charge >= 0.3 is 0 Å². The molecule has 0 unspecified atom stereocenters. The summed E-state index contributed by atoms with van der Waals surface area (Å²) in [6.45, 7) is 1.66. The van der Waals surface area contributed by atoms with Crippen LogP contribution in [-0.4, -0.2) is 31.9 Å². The van der Waals surface area contributed by atoms with E-state index in [2.05, 4.69) is 24.1 Å². The van der Waals surface area contributed by atoms with Crippen LogP contribution < -0.4 is 9.64 Å². The molecule has 0 heterocycles. The van der Waals surface area contributed by atoms with Gasteiger partial charge in [-0.1, -0.05) is 30.3 Å². The van der Waals surface area contributed by atoms with Crippen molar-refractivity contribution in [3.05, 3.63) is 60.2 Å². The van der Waals surface area contributed by atoms with Gasteiger partial charge in [-0.2, -0.15) is 0 Å². The van der Waals surface area contributed by atoms with Gasteiger partial charge in [0.1, 0.15) is 12.4 Å². The first kappa shape index (κ1) is 14.4. The molecule has 1 N–H and O–H groups in total. The molecular weight excluding hydrogens is 250 g/mol. The van der Waals surface area contributed by atoms with Gasteiger partial charge in [-0.05, 0) is 36.2 Å². The molecule has 0 amide bonds. The average molecular weight is 271 g/mol. The summed E-state index contributed by atoms with van der Waals surface area (Å²) in [4.78, 5) is 2.17. The summed E-state index contributed by atoms with van der Waals surface area (Å²) in [6.07, 6.45) is 0.691. The zero-order valence-corrected chi connectivity index (χ0v) is 11.8. The third-order valence-electron chi connectivity index (χ3n) is 3.22. The van der Waals surface area contributed by atoms with Crippen molar-refractivity contribution in [2.45, 2.75) is 6.42 Å². The first-order valence-corrected chi connectivity index (χ1v) is 6.88. The topological polar surface area (TPSA) is 32.7 Å². The highest BCUT2D eigenvalue weighted by molar-refractivity contribution is 5.44. The Morgan fingerprint density at radius 3 is 2.35 bits per heavy atom. The summed E-state index contributed by atoms with van der Waals surface area (Å²) in [5.41, 5.74) is 2.32. The van der Waals surface area contributed by atoms with E-state index >= 15 is 0 Å². The third kappa shape index (κ3) is 4.28. The van der Waals surface area contributed by atoms with Crippen LogP contribution in [0.3, 0.4) is 0 Å². The van der Waals surface area contributed by atoms with Gasteiger partial charge in [-0.25, -0.2) is 0 Å². The number of aliphatic hydroxyl groups is 1. The van der Waals surface area contributed by atoms with E-state index in [1.807, 2.05) is 42.5 Å². The SMILES string of the molecule is CN(CCOc1ccc(CCO)cc1)c1ccccc1. The number of benzene rings is 2. The smallest absolute Gasteiger partial charge is 0.119 e. The van der Waals surface area contributed by atoms with Crippen LogP contribution in [0.4, 0.5) is 5.69 Å². The molecule has 3 heteroatoms. The molecule has 106 valence electrons. The van der Waals surface area contributed by atoms with Gasteiger partial charge < -0.3 is 14.7 Å². The van der Waals surface area contributed by atoms with Crippen LogP contribution in [-0.2, 0) is 6.42 Å². The lowest BCUT2D eigenvalue weighted by Crippen LogP contribution is -2.23. The van der Waals surface area contributed by atoms with Gasteiger partial charge in [-0.15, -0.1) is 0 Å². The average Bonchev–Trinajstić information content (AvgIpc) is 2.50. The monoisotopic (exact) mass is 271 g/mol. The van der Waals surface area contributed by atoms with Crippen molar-refractivity contribution >= 4 is 5.69 Å². The maximum absolute atomic E-state index is 8.86. The van der Waals surface area contributed by atoms with Crippen LogP contribution in [0.5, 0.6) is 5.75 Å². The Morgan fingerprint density at radius 1 is 1.00 bits per heavy atom. The number of para-hydroxylation sites is 1. The van der Waals surface area contributed by atoms with E-state index in [9.17, 15) is 0 Å². The minimum Gasteiger partial charge on any atom is -0.492 e. The fourth-order valence-electron chi connectivity index (χ4n) is 1.99. The van der Waals surface area contributed by atoms with Crippen molar-refractivity contribution in [3.8, 4) is 5.75 Å². The van der Waals surface area contributed by atoms with Crippen molar-refractivity contribution in [3.63, 3.8) is 0 Å². The summed E-state index contributed by atoms with van der Waals surface area (Å²) in [6, 6.07) is 18.1. The molecule has 0 atom stereocenters. The summed E-state index contributed by atoms with van der Waals surface area (Å²) in [5.74, 6) is 0.869. The number of hydrogen-bond acceptors (Lipinski definition) is 3. The molecule has 0 aliphatic carbocycles. The second-order valence-electron chi connectivity index (χ2n) is 4.72. The normalized spacial score (nSPS) is 10.3. The van der Waals surface area contributed by atoms with E-state index in [0.29, 0.717) is 13.0 Å². The zero-order valence-electron chi connectivity index (χ0n) is 11.8. The van der Waals surface area contributed by atoms with Gasteiger partial charge in [0.05, 0.1) is 6.54 Å². The maximum atomic E-state index is 8.86. The van der Waals surface area contributed by atoms with Crippen molar-refractivity contribution < 1.29 is 9.84 Å². The largest absolute Gasteiger partial charge is 0.492 e. The lowest BCUT2D eigenvalue weighted by atomic mass is 10.1. The molecule has 0 aliphatic heterocycles. The fraction of sp³-hybridized carbons (Fsp3) is 0.294. The molecule has 0 aliphatic rings.